The number of ether oxygens (including phenoxy) is 1. The van der Waals surface area contributed by atoms with Crippen molar-refractivity contribution < 1.29 is 9.53 Å². The molecule has 124 valence electrons. The summed E-state index contributed by atoms with van der Waals surface area (Å²) in [6.45, 7) is 5.44. The van der Waals surface area contributed by atoms with Crippen LogP contribution in [0, 0.1) is 6.92 Å². The Morgan fingerprint density at radius 2 is 2.30 bits per heavy atom. The van der Waals surface area contributed by atoms with Crippen molar-refractivity contribution in [2.24, 2.45) is 0 Å². The molecule has 0 N–H and O–H groups in total. The summed E-state index contributed by atoms with van der Waals surface area (Å²) in [7, 11) is 0. The molecular weight excluding hydrogens is 314 g/mol. The lowest BCUT2D eigenvalue weighted by Crippen LogP contribution is -2.45. The third kappa shape index (κ3) is 3.30. The Hall–Kier alpha value is -1.73. The maximum Gasteiger partial charge on any atom is 0.323 e. The van der Waals surface area contributed by atoms with Gasteiger partial charge in [0, 0.05) is 23.7 Å². The van der Waals surface area contributed by atoms with Crippen LogP contribution in [0.5, 0.6) is 0 Å². The minimum Gasteiger partial charge on any atom is -0.465 e. The number of carbonyl (C=O) groups excluding carboxylic acids is 1. The molecule has 3 heterocycles. The molecule has 1 aliphatic heterocycles. The number of fused-ring (bicyclic) bond motifs is 1. The quantitative estimate of drug-likeness (QED) is 0.800. The molecule has 1 saturated heterocycles. The molecule has 7 heteroatoms. The third-order valence-electron chi connectivity index (χ3n) is 4.17. The summed E-state index contributed by atoms with van der Waals surface area (Å²) in [5.74, 6) is -0.169. The maximum atomic E-state index is 12.3. The molecule has 0 aliphatic carbocycles. The van der Waals surface area contributed by atoms with E-state index in [1.807, 2.05) is 19.2 Å². The van der Waals surface area contributed by atoms with Gasteiger partial charge in [-0.1, -0.05) is 6.42 Å². The van der Waals surface area contributed by atoms with Crippen LogP contribution in [-0.2, 0) is 16.1 Å². The predicted molar refractivity (Wildman–Crippen MR) is 88.8 cm³/mol. The molecule has 0 saturated carbocycles. The molecule has 0 unspecified atom stereocenters. The SMILES string of the molecule is CCOC(=O)[C@@H]1CCCCN1Cc1cc(=O)n2c(C)csc2n1. The van der Waals surface area contributed by atoms with Gasteiger partial charge < -0.3 is 4.74 Å². The molecule has 0 spiro atoms. The van der Waals surface area contributed by atoms with Crippen molar-refractivity contribution in [3.63, 3.8) is 0 Å². The molecule has 0 amide bonds. The number of aryl methyl sites for hydroxylation is 1. The van der Waals surface area contributed by atoms with E-state index in [0.29, 0.717) is 23.8 Å². The van der Waals surface area contributed by atoms with Gasteiger partial charge in [-0.15, -0.1) is 11.3 Å². The van der Waals surface area contributed by atoms with Gasteiger partial charge in [0.05, 0.1) is 12.3 Å². The van der Waals surface area contributed by atoms with E-state index in [9.17, 15) is 9.59 Å². The average Bonchev–Trinajstić information content (AvgIpc) is 2.89. The lowest BCUT2D eigenvalue weighted by molar-refractivity contribution is -0.151. The molecule has 1 aliphatic rings. The van der Waals surface area contributed by atoms with Gasteiger partial charge in [0.1, 0.15) is 6.04 Å². The monoisotopic (exact) mass is 335 g/mol. The average molecular weight is 335 g/mol. The number of nitrogens with zero attached hydrogens (tertiary/aromatic N) is 3. The highest BCUT2D eigenvalue weighted by Crippen LogP contribution is 2.21. The second-order valence-corrected chi connectivity index (χ2v) is 6.65. The Morgan fingerprint density at radius 3 is 3.09 bits per heavy atom. The number of hydrogen-bond donors (Lipinski definition) is 0. The van der Waals surface area contributed by atoms with Crippen LogP contribution in [0.15, 0.2) is 16.2 Å². The number of aromatic nitrogens is 2. The van der Waals surface area contributed by atoms with Crippen molar-refractivity contribution in [1.82, 2.24) is 14.3 Å². The van der Waals surface area contributed by atoms with Crippen LogP contribution in [0.4, 0.5) is 0 Å². The largest absolute Gasteiger partial charge is 0.465 e. The predicted octanol–water partition coefficient (Wildman–Crippen LogP) is 1.98. The van der Waals surface area contributed by atoms with Crippen LogP contribution < -0.4 is 5.56 Å². The van der Waals surface area contributed by atoms with Gasteiger partial charge in [-0.3, -0.25) is 18.9 Å². The van der Waals surface area contributed by atoms with E-state index in [1.54, 1.807) is 10.5 Å². The summed E-state index contributed by atoms with van der Waals surface area (Å²) in [6, 6.07) is 1.35. The second-order valence-electron chi connectivity index (χ2n) is 5.81. The zero-order valence-electron chi connectivity index (χ0n) is 13.4. The standard InChI is InChI=1S/C16H21N3O3S/c1-3-22-15(21)13-6-4-5-7-18(13)9-12-8-14(20)19-11(2)10-23-16(19)17-12/h8,10,13H,3-7,9H2,1-2H3/t13-/m0/s1. The van der Waals surface area contributed by atoms with Crippen molar-refractivity contribution in [3.05, 3.63) is 33.2 Å². The number of rotatable bonds is 4. The van der Waals surface area contributed by atoms with Gasteiger partial charge in [0.2, 0.25) is 0 Å². The highest BCUT2D eigenvalue weighted by molar-refractivity contribution is 7.15. The van der Waals surface area contributed by atoms with E-state index in [1.165, 1.54) is 11.3 Å². The van der Waals surface area contributed by atoms with Gasteiger partial charge in [-0.25, -0.2) is 4.98 Å². The Kier molecular flexibility index (Phi) is 4.77. The molecular formula is C16H21N3O3S. The zero-order chi connectivity index (χ0) is 16.4. The first-order valence-electron chi connectivity index (χ1n) is 7.97. The van der Waals surface area contributed by atoms with Crippen LogP contribution in [0.3, 0.4) is 0 Å². The van der Waals surface area contributed by atoms with E-state index in [0.717, 1.165) is 31.5 Å². The van der Waals surface area contributed by atoms with Gasteiger partial charge in [-0.2, -0.15) is 0 Å². The van der Waals surface area contributed by atoms with Crippen LogP contribution in [0.25, 0.3) is 4.96 Å². The first-order chi connectivity index (χ1) is 11.1. The number of hydrogen-bond acceptors (Lipinski definition) is 6. The highest BCUT2D eigenvalue weighted by Gasteiger charge is 2.30. The molecule has 23 heavy (non-hydrogen) atoms. The Balaban J connectivity index is 1.84. The van der Waals surface area contributed by atoms with Crippen molar-refractivity contribution in [2.75, 3.05) is 13.2 Å². The molecule has 2 aromatic heterocycles. The lowest BCUT2D eigenvalue weighted by atomic mass is 10.0. The number of likely N-dealkylation sites (tertiary alicyclic amines) is 1. The fraction of sp³-hybridized carbons (Fsp3) is 0.562. The third-order valence-corrected chi connectivity index (χ3v) is 5.11. The number of thiazole rings is 1. The van der Waals surface area contributed by atoms with Gasteiger partial charge in [-0.05, 0) is 33.2 Å². The summed E-state index contributed by atoms with van der Waals surface area (Å²) in [5.41, 5.74) is 1.55. The van der Waals surface area contributed by atoms with Crippen LogP contribution in [0.1, 0.15) is 37.6 Å². The molecule has 1 fully saturated rings. The molecule has 0 aromatic carbocycles. The molecule has 2 aromatic rings. The van der Waals surface area contributed by atoms with E-state index in [-0.39, 0.29) is 17.6 Å². The number of esters is 1. The first kappa shape index (κ1) is 16.1. The molecule has 0 bridgehead atoms. The molecule has 1 atom stereocenters. The fourth-order valence-corrected chi connectivity index (χ4v) is 3.97. The fourth-order valence-electron chi connectivity index (χ4n) is 3.08. The topological polar surface area (TPSA) is 63.9 Å². The summed E-state index contributed by atoms with van der Waals surface area (Å²) >= 11 is 1.46. The van der Waals surface area contributed by atoms with Crippen LogP contribution >= 0.6 is 11.3 Å². The molecule has 6 nitrogen and oxygen atoms in total. The van der Waals surface area contributed by atoms with Gasteiger partial charge in [0.15, 0.2) is 4.96 Å². The number of piperidine rings is 1. The van der Waals surface area contributed by atoms with Crippen molar-refractivity contribution >= 4 is 22.3 Å². The normalized spacial score (nSPS) is 19.1. The van der Waals surface area contributed by atoms with E-state index in [2.05, 4.69) is 9.88 Å². The van der Waals surface area contributed by atoms with Gasteiger partial charge >= 0.3 is 5.97 Å². The van der Waals surface area contributed by atoms with E-state index < -0.39 is 0 Å². The highest BCUT2D eigenvalue weighted by atomic mass is 32.1. The van der Waals surface area contributed by atoms with Crippen molar-refractivity contribution in [1.29, 1.82) is 0 Å². The Labute approximate surface area is 138 Å². The summed E-state index contributed by atoms with van der Waals surface area (Å²) in [4.78, 5) is 31.8. The first-order valence-corrected chi connectivity index (χ1v) is 8.85. The number of carbonyl (C=O) groups is 1. The van der Waals surface area contributed by atoms with Crippen LogP contribution in [-0.4, -0.2) is 39.4 Å². The van der Waals surface area contributed by atoms with E-state index >= 15 is 0 Å². The molecule has 3 rings (SSSR count). The van der Waals surface area contributed by atoms with Crippen molar-refractivity contribution in [2.45, 2.75) is 45.7 Å². The minimum atomic E-state index is -0.228. The summed E-state index contributed by atoms with van der Waals surface area (Å²) < 4.78 is 6.80. The van der Waals surface area contributed by atoms with Gasteiger partial charge in [0.25, 0.3) is 5.56 Å². The lowest BCUT2D eigenvalue weighted by Gasteiger charge is -2.33. The minimum absolute atomic E-state index is 0.0616. The Morgan fingerprint density at radius 1 is 1.48 bits per heavy atom. The summed E-state index contributed by atoms with van der Waals surface area (Å²) in [6.07, 6.45) is 2.88. The Bertz CT molecular complexity index is 768. The maximum absolute atomic E-state index is 12.3. The van der Waals surface area contributed by atoms with E-state index in [4.69, 9.17) is 4.74 Å². The van der Waals surface area contributed by atoms with Crippen molar-refractivity contribution in [3.8, 4) is 0 Å². The zero-order valence-corrected chi connectivity index (χ0v) is 14.3. The smallest absolute Gasteiger partial charge is 0.323 e. The second kappa shape index (κ2) is 6.80. The summed E-state index contributed by atoms with van der Waals surface area (Å²) in [5, 5.41) is 1.93. The molecule has 0 radical (unpaired) electrons. The van der Waals surface area contributed by atoms with Crippen LogP contribution in [0.2, 0.25) is 0 Å².